The molecule has 0 saturated carbocycles. The molecule has 92 valence electrons. The number of carboxylic acid groups (broad SMARTS) is 1. The van der Waals surface area contributed by atoms with Gasteiger partial charge in [-0.3, -0.25) is 5.41 Å². The maximum absolute atomic E-state index is 10.8. The highest BCUT2D eigenvalue weighted by Crippen LogP contribution is 2.10. The Labute approximate surface area is 96.2 Å². The first kappa shape index (κ1) is 14.6. The van der Waals surface area contributed by atoms with E-state index in [-0.39, 0.29) is 0 Å². The van der Waals surface area contributed by atoms with Crippen molar-refractivity contribution in [1.29, 1.82) is 5.41 Å². The molecule has 5 nitrogen and oxygen atoms in total. The Morgan fingerprint density at radius 1 is 1.56 bits per heavy atom. The third kappa shape index (κ3) is 6.19. The van der Waals surface area contributed by atoms with E-state index in [1.165, 1.54) is 6.92 Å². The van der Waals surface area contributed by atoms with Gasteiger partial charge in [-0.25, -0.2) is 4.79 Å². The smallest absolute Gasteiger partial charge is 0.327 e. The van der Waals surface area contributed by atoms with Gasteiger partial charge in [-0.1, -0.05) is 11.6 Å². The molecule has 1 atom stereocenters. The summed E-state index contributed by atoms with van der Waals surface area (Å²) in [6.45, 7) is 5.74. The zero-order valence-electron chi connectivity index (χ0n) is 10.1. The zero-order valence-corrected chi connectivity index (χ0v) is 10.1. The lowest BCUT2D eigenvalue weighted by Gasteiger charge is -2.15. The molecule has 5 N–H and O–H groups in total. The number of carboxylic acids is 1. The number of hydrogen-bond donors (Lipinski definition) is 4. The molecule has 0 aromatic heterocycles. The molecule has 0 radical (unpaired) electrons. The van der Waals surface area contributed by atoms with E-state index in [9.17, 15) is 4.79 Å². The second kappa shape index (κ2) is 6.27. The number of amidine groups is 1. The van der Waals surface area contributed by atoms with Gasteiger partial charge in [0, 0.05) is 6.54 Å². The largest absolute Gasteiger partial charge is 0.480 e. The topological polar surface area (TPSA) is 99.2 Å². The number of nitrogens with one attached hydrogen (secondary N) is 2. The van der Waals surface area contributed by atoms with Crippen LogP contribution in [0.5, 0.6) is 0 Å². The number of carbonyl (C=O) groups is 1. The van der Waals surface area contributed by atoms with Gasteiger partial charge in [-0.15, -0.1) is 0 Å². The van der Waals surface area contributed by atoms with Crippen molar-refractivity contribution in [3.8, 4) is 0 Å². The highest BCUT2D eigenvalue weighted by atomic mass is 16.4. The first-order valence-corrected chi connectivity index (χ1v) is 5.25. The number of aliphatic carboxylic acids is 1. The highest BCUT2D eigenvalue weighted by Gasteiger charge is 2.24. The molecule has 1 unspecified atom stereocenters. The first-order chi connectivity index (χ1) is 7.25. The van der Waals surface area contributed by atoms with E-state index in [1.807, 2.05) is 6.92 Å². The molecule has 0 saturated heterocycles. The van der Waals surface area contributed by atoms with E-state index >= 15 is 0 Å². The van der Waals surface area contributed by atoms with Gasteiger partial charge in [-0.2, -0.15) is 0 Å². The van der Waals surface area contributed by atoms with Crippen LogP contribution >= 0.6 is 0 Å². The Bertz CT molecular complexity index is 296. The molecule has 0 aliphatic carbocycles. The molecule has 0 spiro atoms. The summed E-state index contributed by atoms with van der Waals surface area (Å²) in [5, 5.41) is 18.9. The summed E-state index contributed by atoms with van der Waals surface area (Å²) in [6, 6.07) is 0. The molecule has 0 aliphatic rings. The van der Waals surface area contributed by atoms with E-state index in [4.69, 9.17) is 16.2 Å². The molecule has 0 amide bonds. The predicted molar refractivity (Wildman–Crippen MR) is 64.6 cm³/mol. The Morgan fingerprint density at radius 3 is 2.56 bits per heavy atom. The van der Waals surface area contributed by atoms with Gasteiger partial charge in [0.05, 0.1) is 5.84 Å². The van der Waals surface area contributed by atoms with Gasteiger partial charge in [0.1, 0.15) is 5.54 Å². The van der Waals surface area contributed by atoms with Crippen molar-refractivity contribution in [3.05, 3.63) is 11.6 Å². The summed E-state index contributed by atoms with van der Waals surface area (Å²) in [6.07, 6.45) is 3.21. The minimum atomic E-state index is -1.30. The Hall–Kier alpha value is -1.36. The summed E-state index contributed by atoms with van der Waals surface area (Å²) in [4.78, 5) is 10.8. The van der Waals surface area contributed by atoms with Gasteiger partial charge < -0.3 is 16.2 Å². The van der Waals surface area contributed by atoms with Crippen LogP contribution < -0.4 is 11.1 Å². The predicted octanol–water partition coefficient (Wildman–Crippen LogP) is 1.10. The number of allylic oxidation sites excluding steroid dienone is 1. The molecule has 0 rings (SSSR count). The average Bonchev–Trinajstić information content (AvgIpc) is 2.11. The molecule has 0 bridgehead atoms. The minimum absolute atomic E-state index is 0.441. The molecule has 0 aliphatic heterocycles. The van der Waals surface area contributed by atoms with Crippen molar-refractivity contribution < 1.29 is 9.90 Å². The highest BCUT2D eigenvalue weighted by molar-refractivity contribution is 5.80. The third-order valence-corrected chi connectivity index (χ3v) is 2.15. The fourth-order valence-corrected chi connectivity index (χ4v) is 1.29. The van der Waals surface area contributed by atoms with E-state index < -0.39 is 11.5 Å². The quantitative estimate of drug-likeness (QED) is 0.236. The van der Waals surface area contributed by atoms with Crippen LogP contribution in [0.1, 0.15) is 33.6 Å². The van der Waals surface area contributed by atoms with E-state index in [1.54, 1.807) is 13.0 Å². The standard InChI is InChI=1S/C11H21N3O2/c1-8(5-4-6-14-9(2)12)7-11(3,13)10(15)16/h7H,4-6,13H2,1-3H3,(H2,12,14)(H,15,16)/b8-7+. The maximum Gasteiger partial charge on any atom is 0.327 e. The Balaban J connectivity index is 4.06. The van der Waals surface area contributed by atoms with Crippen molar-refractivity contribution in [3.63, 3.8) is 0 Å². The second-order valence-electron chi connectivity index (χ2n) is 4.23. The summed E-state index contributed by atoms with van der Waals surface area (Å²) in [5.41, 5.74) is 5.25. The molecule has 16 heavy (non-hydrogen) atoms. The number of hydrogen-bond acceptors (Lipinski definition) is 3. The SMILES string of the molecule is CC(=N)NCCC/C(C)=C/C(C)(N)C(=O)O. The second-order valence-corrected chi connectivity index (χ2v) is 4.23. The number of nitrogens with two attached hydrogens (primary N) is 1. The van der Waals surface area contributed by atoms with Crippen LogP contribution in [-0.4, -0.2) is 29.0 Å². The fourth-order valence-electron chi connectivity index (χ4n) is 1.29. The monoisotopic (exact) mass is 227 g/mol. The summed E-state index contributed by atoms with van der Waals surface area (Å²) in [5.74, 6) is -0.587. The lowest BCUT2D eigenvalue weighted by Crippen LogP contribution is -2.43. The van der Waals surface area contributed by atoms with Crippen LogP contribution in [0.4, 0.5) is 0 Å². The van der Waals surface area contributed by atoms with Gasteiger partial charge in [-0.05, 0) is 33.6 Å². The molecule has 0 heterocycles. The van der Waals surface area contributed by atoms with Gasteiger partial charge >= 0.3 is 5.97 Å². The van der Waals surface area contributed by atoms with E-state index in [0.29, 0.717) is 5.84 Å². The molecular formula is C11H21N3O2. The van der Waals surface area contributed by atoms with E-state index in [0.717, 1.165) is 25.0 Å². The van der Waals surface area contributed by atoms with Crippen LogP contribution in [0, 0.1) is 5.41 Å². The number of rotatable bonds is 6. The molecule has 5 heteroatoms. The Morgan fingerprint density at radius 2 is 2.12 bits per heavy atom. The van der Waals surface area contributed by atoms with Crippen LogP contribution in [-0.2, 0) is 4.79 Å². The first-order valence-electron chi connectivity index (χ1n) is 5.25. The average molecular weight is 227 g/mol. The van der Waals surface area contributed by atoms with Crippen LogP contribution in [0.2, 0.25) is 0 Å². The van der Waals surface area contributed by atoms with Gasteiger partial charge in [0.2, 0.25) is 0 Å². The van der Waals surface area contributed by atoms with Gasteiger partial charge in [0.15, 0.2) is 0 Å². The zero-order chi connectivity index (χ0) is 12.8. The molecule has 0 aromatic rings. The van der Waals surface area contributed by atoms with Crippen LogP contribution in [0.25, 0.3) is 0 Å². The maximum atomic E-state index is 10.8. The van der Waals surface area contributed by atoms with Crippen molar-refractivity contribution in [1.82, 2.24) is 5.32 Å². The van der Waals surface area contributed by atoms with Crippen molar-refractivity contribution >= 4 is 11.8 Å². The van der Waals surface area contributed by atoms with Crippen molar-refractivity contribution in [2.45, 2.75) is 39.2 Å². The summed E-state index contributed by atoms with van der Waals surface area (Å²) < 4.78 is 0. The molecule has 0 aromatic carbocycles. The lowest BCUT2D eigenvalue weighted by atomic mass is 9.99. The van der Waals surface area contributed by atoms with Crippen molar-refractivity contribution in [2.75, 3.05) is 6.54 Å². The van der Waals surface area contributed by atoms with E-state index in [2.05, 4.69) is 5.32 Å². The Kier molecular flexibility index (Phi) is 5.74. The minimum Gasteiger partial charge on any atom is -0.480 e. The summed E-state index contributed by atoms with van der Waals surface area (Å²) in [7, 11) is 0. The lowest BCUT2D eigenvalue weighted by molar-refractivity contribution is -0.140. The van der Waals surface area contributed by atoms with Gasteiger partial charge in [0.25, 0.3) is 0 Å². The third-order valence-electron chi connectivity index (χ3n) is 2.15. The molecule has 0 fully saturated rings. The fraction of sp³-hybridized carbons (Fsp3) is 0.636. The van der Waals surface area contributed by atoms with Crippen molar-refractivity contribution in [2.24, 2.45) is 5.73 Å². The van der Waals surface area contributed by atoms with Crippen LogP contribution in [0.3, 0.4) is 0 Å². The van der Waals surface area contributed by atoms with Crippen LogP contribution in [0.15, 0.2) is 11.6 Å². The molecular weight excluding hydrogens is 206 g/mol. The normalized spacial score (nSPS) is 15.4. The summed E-state index contributed by atoms with van der Waals surface area (Å²) >= 11 is 0.